The van der Waals surface area contributed by atoms with Gasteiger partial charge in [-0.15, -0.1) is 0 Å². The smallest absolute Gasteiger partial charge is 0.335 e. The fourth-order valence-electron chi connectivity index (χ4n) is 2.48. The van der Waals surface area contributed by atoms with Crippen LogP contribution in [0.4, 0.5) is 18.0 Å². The lowest BCUT2D eigenvalue weighted by molar-refractivity contribution is -0.137. The summed E-state index contributed by atoms with van der Waals surface area (Å²) in [5.41, 5.74) is -0.0419. The van der Waals surface area contributed by atoms with Crippen molar-refractivity contribution in [3.8, 4) is 0 Å². The molecule has 0 saturated heterocycles. The number of carbonyl (C=O) groups excluding carboxylic acids is 1. The number of carbonyl (C=O) groups is 1. The van der Waals surface area contributed by atoms with E-state index < -0.39 is 11.7 Å². The summed E-state index contributed by atoms with van der Waals surface area (Å²) in [6, 6.07) is 4.76. The molecule has 1 aromatic carbocycles. The third-order valence-corrected chi connectivity index (χ3v) is 3.67. The number of urea groups is 1. The average molecular weight is 300 g/mol. The monoisotopic (exact) mass is 300 g/mol. The van der Waals surface area contributed by atoms with Gasteiger partial charge in [0.2, 0.25) is 0 Å². The van der Waals surface area contributed by atoms with E-state index >= 15 is 0 Å². The highest BCUT2D eigenvalue weighted by atomic mass is 19.4. The summed E-state index contributed by atoms with van der Waals surface area (Å²) in [4.78, 5) is 11.7. The van der Waals surface area contributed by atoms with Crippen molar-refractivity contribution in [2.24, 2.45) is 0 Å². The Morgan fingerprint density at radius 3 is 2.29 bits per heavy atom. The van der Waals surface area contributed by atoms with Gasteiger partial charge < -0.3 is 10.6 Å². The second-order valence-corrected chi connectivity index (χ2v) is 5.36. The molecule has 6 heteroatoms. The molecule has 116 valence electrons. The number of benzene rings is 1. The number of halogens is 3. The van der Waals surface area contributed by atoms with Crippen molar-refractivity contribution in [2.75, 3.05) is 0 Å². The molecule has 1 aliphatic rings. The molecule has 0 spiro atoms. The number of alkyl halides is 3. The standard InChI is InChI=1S/C15H19F3N2O/c16-15(17,18)12-8-6-11(7-9-12)10-19-14(21)20-13-4-2-1-3-5-13/h6-9,13H,1-5,10H2,(H2,19,20,21). The summed E-state index contributed by atoms with van der Waals surface area (Å²) in [6.07, 6.45) is 1.13. The largest absolute Gasteiger partial charge is 0.416 e. The van der Waals surface area contributed by atoms with Crippen LogP contribution in [0.1, 0.15) is 43.2 Å². The molecule has 2 N–H and O–H groups in total. The molecule has 1 aromatic rings. The number of hydrogen-bond acceptors (Lipinski definition) is 1. The quantitative estimate of drug-likeness (QED) is 0.875. The van der Waals surface area contributed by atoms with Crippen LogP contribution in [-0.2, 0) is 12.7 Å². The lowest BCUT2D eigenvalue weighted by Gasteiger charge is -2.22. The van der Waals surface area contributed by atoms with Crippen LogP contribution >= 0.6 is 0 Å². The molecule has 1 saturated carbocycles. The van der Waals surface area contributed by atoms with E-state index in [4.69, 9.17) is 0 Å². The fourth-order valence-corrected chi connectivity index (χ4v) is 2.48. The van der Waals surface area contributed by atoms with Gasteiger partial charge in [-0.2, -0.15) is 13.2 Å². The van der Waals surface area contributed by atoms with Crippen LogP contribution in [0.25, 0.3) is 0 Å². The van der Waals surface area contributed by atoms with Crippen molar-refractivity contribution >= 4 is 6.03 Å². The Bertz CT molecular complexity index is 465. The van der Waals surface area contributed by atoms with Gasteiger partial charge in [0, 0.05) is 12.6 Å². The molecule has 0 radical (unpaired) electrons. The van der Waals surface area contributed by atoms with Crippen molar-refractivity contribution in [3.05, 3.63) is 35.4 Å². The molecule has 2 amide bonds. The minimum Gasteiger partial charge on any atom is -0.335 e. The van der Waals surface area contributed by atoms with Crippen LogP contribution in [-0.4, -0.2) is 12.1 Å². The molecule has 21 heavy (non-hydrogen) atoms. The second kappa shape index (κ2) is 6.83. The Hall–Kier alpha value is -1.72. The average Bonchev–Trinajstić information content (AvgIpc) is 2.46. The van der Waals surface area contributed by atoms with Gasteiger partial charge in [0.1, 0.15) is 0 Å². The predicted octanol–water partition coefficient (Wildman–Crippen LogP) is 3.84. The highest BCUT2D eigenvalue weighted by Crippen LogP contribution is 2.29. The summed E-state index contributed by atoms with van der Waals surface area (Å²) in [5.74, 6) is 0. The Balaban J connectivity index is 1.78. The van der Waals surface area contributed by atoms with Gasteiger partial charge in [-0.3, -0.25) is 0 Å². The van der Waals surface area contributed by atoms with E-state index in [1.165, 1.54) is 18.6 Å². The van der Waals surface area contributed by atoms with E-state index in [0.29, 0.717) is 5.56 Å². The normalized spacial score (nSPS) is 16.5. The van der Waals surface area contributed by atoms with Gasteiger partial charge in [0.05, 0.1) is 5.56 Å². The molecule has 0 atom stereocenters. The first-order valence-electron chi connectivity index (χ1n) is 7.15. The minimum absolute atomic E-state index is 0.214. The highest BCUT2D eigenvalue weighted by Gasteiger charge is 2.29. The molecule has 3 nitrogen and oxygen atoms in total. The van der Waals surface area contributed by atoms with Crippen LogP contribution < -0.4 is 10.6 Å². The van der Waals surface area contributed by atoms with E-state index in [-0.39, 0.29) is 18.6 Å². The minimum atomic E-state index is -4.33. The molecule has 2 rings (SSSR count). The lowest BCUT2D eigenvalue weighted by Crippen LogP contribution is -2.42. The maximum atomic E-state index is 12.4. The SMILES string of the molecule is O=C(NCc1ccc(C(F)(F)F)cc1)NC1CCCCC1. The third-order valence-electron chi connectivity index (χ3n) is 3.67. The number of rotatable bonds is 3. The summed E-state index contributed by atoms with van der Waals surface area (Å²) >= 11 is 0. The summed E-state index contributed by atoms with van der Waals surface area (Å²) in [7, 11) is 0. The van der Waals surface area contributed by atoms with Crippen LogP contribution in [0.5, 0.6) is 0 Å². The third kappa shape index (κ3) is 4.95. The Kier molecular flexibility index (Phi) is 5.09. The highest BCUT2D eigenvalue weighted by molar-refractivity contribution is 5.74. The van der Waals surface area contributed by atoms with Crippen molar-refractivity contribution in [1.29, 1.82) is 0 Å². The molecule has 0 aromatic heterocycles. The first kappa shape index (κ1) is 15.7. The Morgan fingerprint density at radius 2 is 1.71 bits per heavy atom. The first-order chi connectivity index (χ1) is 9.95. The van der Waals surface area contributed by atoms with Crippen LogP contribution in [0.2, 0.25) is 0 Å². The lowest BCUT2D eigenvalue weighted by atomic mass is 9.96. The van der Waals surface area contributed by atoms with Crippen LogP contribution in [0.3, 0.4) is 0 Å². The maximum absolute atomic E-state index is 12.4. The zero-order valence-corrected chi connectivity index (χ0v) is 11.7. The van der Waals surface area contributed by atoms with Crippen LogP contribution in [0, 0.1) is 0 Å². The predicted molar refractivity (Wildman–Crippen MR) is 73.7 cm³/mol. The van der Waals surface area contributed by atoms with Crippen LogP contribution in [0.15, 0.2) is 24.3 Å². The van der Waals surface area contributed by atoms with Gasteiger partial charge in [0.25, 0.3) is 0 Å². The molecular formula is C15H19F3N2O. The van der Waals surface area contributed by atoms with Crippen molar-refractivity contribution in [2.45, 2.75) is 50.9 Å². The van der Waals surface area contributed by atoms with E-state index in [1.54, 1.807) is 0 Å². The van der Waals surface area contributed by atoms with Gasteiger partial charge in [-0.05, 0) is 30.5 Å². The summed E-state index contributed by atoms with van der Waals surface area (Å²) in [5, 5.41) is 5.57. The number of amides is 2. The van der Waals surface area contributed by atoms with Gasteiger partial charge >= 0.3 is 12.2 Å². The van der Waals surface area contributed by atoms with Crippen molar-refractivity contribution < 1.29 is 18.0 Å². The second-order valence-electron chi connectivity index (χ2n) is 5.36. The van der Waals surface area contributed by atoms with Gasteiger partial charge in [0.15, 0.2) is 0 Å². The topological polar surface area (TPSA) is 41.1 Å². The molecule has 0 aliphatic heterocycles. The maximum Gasteiger partial charge on any atom is 0.416 e. The van der Waals surface area contributed by atoms with E-state index in [0.717, 1.165) is 37.8 Å². The van der Waals surface area contributed by atoms with Crippen molar-refractivity contribution in [1.82, 2.24) is 10.6 Å². The zero-order chi connectivity index (χ0) is 15.3. The Morgan fingerprint density at radius 1 is 1.10 bits per heavy atom. The number of hydrogen-bond donors (Lipinski definition) is 2. The molecule has 0 heterocycles. The first-order valence-corrected chi connectivity index (χ1v) is 7.15. The molecule has 1 fully saturated rings. The van der Waals surface area contributed by atoms with E-state index in [9.17, 15) is 18.0 Å². The molecule has 1 aliphatic carbocycles. The van der Waals surface area contributed by atoms with Gasteiger partial charge in [-0.25, -0.2) is 4.79 Å². The Labute approximate surface area is 121 Å². The summed E-state index contributed by atoms with van der Waals surface area (Å²) in [6.45, 7) is 0.219. The molecular weight excluding hydrogens is 281 g/mol. The van der Waals surface area contributed by atoms with E-state index in [2.05, 4.69) is 10.6 Å². The fraction of sp³-hybridized carbons (Fsp3) is 0.533. The van der Waals surface area contributed by atoms with Gasteiger partial charge in [-0.1, -0.05) is 31.4 Å². The summed E-state index contributed by atoms with van der Waals surface area (Å²) < 4.78 is 37.2. The molecule has 0 unspecified atom stereocenters. The number of nitrogens with one attached hydrogen (secondary N) is 2. The zero-order valence-electron chi connectivity index (χ0n) is 11.7. The molecule has 0 bridgehead atoms. The van der Waals surface area contributed by atoms with E-state index in [1.807, 2.05) is 0 Å². The van der Waals surface area contributed by atoms with Crippen molar-refractivity contribution in [3.63, 3.8) is 0 Å².